The fourth-order valence-electron chi connectivity index (χ4n) is 3.55. The minimum atomic E-state index is -0.0206. The monoisotopic (exact) mass is 429 g/mol. The van der Waals surface area contributed by atoms with Gasteiger partial charge in [-0.1, -0.05) is 90.9 Å². The molecule has 0 saturated carbocycles. The second kappa shape index (κ2) is 22.5. The van der Waals surface area contributed by atoms with Crippen molar-refractivity contribution in [3.8, 4) is 0 Å². The molecule has 0 aliphatic heterocycles. The summed E-state index contributed by atoms with van der Waals surface area (Å²) in [6, 6.07) is 0.249. The van der Waals surface area contributed by atoms with Gasteiger partial charge >= 0.3 is 5.97 Å². The summed E-state index contributed by atoms with van der Waals surface area (Å²) >= 11 is 1.81. The Bertz CT molecular complexity index is 350. The first-order valence-electron chi connectivity index (χ1n) is 12.6. The highest BCUT2D eigenvalue weighted by molar-refractivity contribution is 7.99. The predicted molar refractivity (Wildman–Crippen MR) is 131 cm³/mol. The van der Waals surface area contributed by atoms with Crippen LogP contribution in [0.25, 0.3) is 0 Å². The summed E-state index contributed by atoms with van der Waals surface area (Å²) in [6.45, 7) is 7.19. The summed E-state index contributed by atoms with van der Waals surface area (Å²) in [7, 11) is 0. The fraction of sp³-hybridized carbons (Fsp3) is 0.960. The van der Waals surface area contributed by atoms with E-state index in [2.05, 4.69) is 13.8 Å². The van der Waals surface area contributed by atoms with Crippen molar-refractivity contribution < 1.29 is 9.53 Å². The Morgan fingerprint density at radius 3 is 1.86 bits per heavy atom. The second-order valence-corrected chi connectivity index (χ2v) is 10.0. The van der Waals surface area contributed by atoms with Crippen LogP contribution in [0.15, 0.2) is 0 Å². The van der Waals surface area contributed by atoms with Gasteiger partial charge < -0.3 is 10.5 Å². The van der Waals surface area contributed by atoms with Crippen LogP contribution in [0.3, 0.4) is 0 Å². The van der Waals surface area contributed by atoms with Crippen molar-refractivity contribution in [2.45, 2.75) is 130 Å². The molecular weight excluding hydrogens is 378 g/mol. The predicted octanol–water partition coefficient (Wildman–Crippen LogP) is 7.51. The van der Waals surface area contributed by atoms with Gasteiger partial charge in [0.05, 0.1) is 13.0 Å². The van der Waals surface area contributed by atoms with E-state index in [9.17, 15) is 4.79 Å². The third-order valence-electron chi connectivity index (χ3n) is 5.58. The summed E-state index contributed by atoms with van der Waals surface area (Å²) in [5.74, 6) is 2.42. The number of rotatable bonds is 22. The van der Waals surface area contributed by atoms with Gasteiger partial charge in [-0.3, -0.25) is 4.79 Å². The molecule has 0 aliphatic rings. The van der Waals surface area contributed by atoms with Crippen molar-refractivity contribution in [3.05, 3.63) is 0 Å². The number of carbonyl (C=O) groups is 1. The zero-order valence-corrected chi connectivity index (χ0v) is 20.7. The van der Waals surface area contributed by atoms with E-state index in [-0.39, 0.29) is 12.0 Å². The van der Waals surface area contributed by atoms with Crippen LogP contribution < -0.4 is 5.73 Å². The number of unbranched alkanes of at least 4 members (excludes halogenated alkanes) is 10. The Hall–Kier alpha value is -0.220. The Morgan fingerprint density at radius 2 is 1.31 bits per heavy atom. The number of ether oxygens (including phenoxy) is 1. The first kappa shape index (κ1) is 28.8. The molecule has 0 aromatic carbocycles. The van der Waals surface area contributed by atoms with Crippen LogP contribution in [-0.4, -0.2) is 30.1 Å². The normalized spacial score (nSPS) is 13.4. The number of hydrogen-bond acceptors (Lipinski definition) is 4. The largest absolute Gasteiger partial charge is 0.465 e. The van der Waals surface area contributed by atoms with Gasteiger partial charge in [-0.05, 0) is 37.9 Å². The van der Waals surface area contributed by atoms with Gasteiger partial charge in [-0.2, -0.15) is 11.8 Å². The number of nitrogens with two attached hydrogens (primary N) is 1. The van der Waals surface area contributed by atoms with Crippen LogP contribution in [-0.2, 0) is 9.53 Å². The number of thioether (sulfide) groups is 1. The molecule has 2 N–H and O–H groups in total. The molecule has 1 unspecified atom stereocenters. The van der Waals surface area contributed by atoms with Crippen LogP contribution in [0, 0.1) is 5.92 Å². The zero-order valence-electron chi connectivity index (χ0n) is 19.9. The first-order chi connectivity index (χ1) is 14.1. The molecule has 2 atom stereocenters. The standard InChI is InChI=1S/C25H51NO2S/c1-4-6-8-10-11-12-13-15-17-24(16-14-9-7-5-2)22-28-25(27)19-21-29-20-18-23(3)26/h23-24H,4-22,26H2,1-3H3/t23-,24?/m1/s1. The van der Waals surface area contributed by atoms with E-state index >= 15 is 0 Å². The van der Waals surface area contributed by atoms with E-state index in [4.69, 9.17) is 10.5 Å². The minimum Gasteiger partial charge on any atom is -0.465 e. The minimum absolute atomic E-state index is 0.0206. The summed E-state index contributed by atoms with van der Waals surface area (Å²) in [4.78, 5) is 12.1. The van der Waals surface area contributed by atoms with E-state index in [1.54, 1.807) is 0 Å². The molecule has 0 fully saturated rings. The van der Waals surface area contributed by atoms with Crippen LogP contribution in [0.5, 0.6) is 0 Å². The highest BCUT2D eigenvalue weighted by Crippen LogP contribution is 2.20. The fourth-order valence-corrected chi connectivity index (χ4v) is 4.60. The average Bonchev–Trinajstić information content (AvgIpc) is 2.70. The van der Waals surface area contributed by atoms with E-state index in [0.29, 0.717) is 18.9 Å². The van der Waals surface area contributed by atoms with Crippen molar-refractivity contribution in [1.82, 2.24) is 0 Å². The number of hydrogen-bond donors (Lipinski definition) is 1. The molecule has 0 aromatic heterocycles. The Balaban J connectivity index is 3.92. The SMILES string of the molecule is CCCCCCCCCCC(CCCCCC)COC(=O)CCSCC[C@@H](C)N. The molecule has 3 nitrogen and oxygen atoms in total. The topological polar surface area (TPSA) is 52.3 Å². The summed E-state index contributed by atoms with van der Waals surface area (Å²) in [5.41, 5.74) is 5.76. The molecule has 0 spiro atoms. The van der Waals surface area contributed by atoms with Crippen molar-refractivity contribution in [2.24, 2.45) is 11.7 Å². The molecule has 0 radical (unpaired) electrons. The van der Waals surface area contributed by atoms with Gasteiger partial charge in [-0.15, -0.1) is 0 Å². The Kier molecular flexibility index (Phi) is 22.3. The molecule has 0 aromatic rings. The van der Waals surface area contributed by atoms with Gasteiger partial charge in [0, 0.05) is 11.8 Å². The maximum atomic E-state index is 12.1. The Labute approximate surface area is 186 Å². The highest BCUT2D eigenvalue weighted by Gasteiger charge is 2.12. The summed E-state index contributed by atoms with van der Waals surface area (Å²) in [5, 5.41) is 0. The summed E-state index contributed by atoms with van der Waals surface area (Å²) in [6.07, 6.45) is 20.0. The van der Waals surface area contributed by atoms with Gasteiger partial charge in [-0.25, -0.2) is 0 Å². The number of esters is 1. The van der Waals surface area contributed by atoms with Crippen LogP contribution in [0.4, 0.5) is 0 Å². The lowest BCUT2D eigenvalue weighted by Gasteiger charge is -2.17. The molecule has 0 amide bonds. The first-order valence-corrected chi connectivity index (χ1v) is 13.7. The molecule has 0 aliphatic carbocycles. The van der Waals surface area contributed by atoms with Crippen molar-refractivity contribution >= 4 is 17.7 Å². The van der Waals surface area contributed by atoms with E-state index < -0.39 is 0 Å². The lowest BCUT2D eigenvalue weighted by molar-refractivity contribution is -0.144. The van der Waals surface area contributed by atoms with E-state index in [1.807, 2.05) is 18.7 Å². The van der Waals surface area contributed by atoms with E-state index in [0.717, 1.165) is 17.9 Å². The van der Waals surface area contributed by atoms with Crippen LogP contribution in [0.1, 0.15) is 124 Å². The Morgan fingerprint density at radius 1 is 0.793 bits per heavy atom. The van der Waals surface area contributed by atoms with Crippen molar-refractivity contribution in [3.63, 3.8) is 0 Å². The van der Waals surface area contributed by atoms with Gasteiger partial charge in [0.15, 0.2) is 0 Å². The van der Waals surface area contributed by atoms with Gasteiger partial charge in [0.2, 0.25) is 0 Å². The van der Waals surface area contributed by atoms with Crippen molar-refractivity contribution in [2.75, 3.05) is 18.1 Å². The number of carbonyl (C=O) groups excluding carboxylic acids is 1. The molecule has 0 saturated heterocycles. The average molecular weight is 430 g/mol. The maximum Gasteiger partial charge on any atom is 0.306 e. The van der Waals surface area contributed by atoms with Crippen molar-refractivity contribution in [1.29, 1.82) is 0 Å². The molecule has 29 heavy (non-hydrogen) atoms. The maximum absolute atomic E-state index is 12.1. The van der Waals surface area contributed by atoms with E-state index in [1.165, 1.54) is 89.9 Å². The smallest absolute Gasteiger partial charge is 0.306 e. The molecule has 174 valence electrons. The molecule has 4 heteroatoms. The van der Waals surface area contributed by atoms with Crippen LogP contribution in [0.2, 0.25) is 0 Å². The van der Waals surface area contributed by atoms with Gasteiger partial charge in [0.25, 0.3) is 0 Å². The van der Waals surface area contributed by atoms with Crippen LogP contribution >= 0.6 is 11.8 Å². The zero-order chi connectivity index (χ0) is 21.6. The molecule has 0 rings (SSSR count). The third kappa shape index (κ3) is 22.3. The molecule has 0 bridgehead atoms. The molecule has 0 heterocycles. The second-order valence-electron chi connectivity index (χ2n) is 8.79. The summed E-state index contributed by atoms with van der Waals surface area (Å²) < 4.78 is 5.63. The van der Waals surface area contributed by atoms with Gasteiger partial charge in [0.1, 0.15) is 0 Å². The lowest BCUT2D eigenvalue weighted by atomic mass is 9.95. The quantitative estimate of drug-likeness (QED) is 0.143. The lowest BCUT2D eigenvalue weighted by Crippen LogP contribution is -2.16. The third-order valence-corrected chi connectivity index (χ3v) is 6.60. The highest BCUT2D eigenvalue weighted by atomic mass is 32.2. The molecular formula is C25H51NO2S.